The quantitative estimate of drug-likeness (QED) is 0.180. The summed E-state index contributed by atoms with van der Waals surface area (Å²) in [6.45, 7) is 14.3. The van der Waals surface area contributed by atoms with E-state index in [9.17, 15) is 28.8 Å². The Morgan fingerprint density at radius 3 is 2.24 bits per heavy atom. The Morgan fingerprint density at radius 1 is 1.05 bits per heavy atom. The van der Waals surface area contributed by atoms with Gasteiger partial charge in [0, 0.05) is 19.4 Å². The molecule has 0 bridgehead atoms. The van der Waals surface area contributed by atoms with Gasteiger partial charge in [0.05, 0.1) is 30.1 Å². The fourth-order valence-electron chi connectivity index (χ4n) is 4.32. The summed E-state index contributed by atoms with van der Waals surface area (Å²) in [5, 5.41) is 0. The third kappa shape index (κ3) is 8.15. The molecule has 224 valence electrons. The lowest BCUT2D eigenvalue weighted by molar-refractivity contribution is -0.176. The smallest absolute Gasteiger partial charge is 0.337 e. The molecule has 1 aliphatic carbocycles. The maximum absolute atomic E-state index is 13.4. The van der Waals surface area contributed by atoms with Crippen molar-refractivity contribution in [3.8, 4) is 0 Å². The number of hydrogen-bond donors (Lipinski definition) is 0. The molecule has 41 heavy (non-hydrogen) atoms. The van der Waals surface area contributed by atoms with E-state index in [4.69, 9.17) is 28.4 Å². The molecule has 2 rings (SSSR count). The van der Waals surface area contributed by atoms with E-state index in [1.54, 1.807) is 13.8 Å². The number of rotatable bonds is 8. The van der Waals surface area contributed by atoms with Gasteiger partial charge < -0.3 is 28.4 Å². The fourth-order valence-corrected chi connectivity index (χ4v) is 4.32. The Labute approximate surface area is 238 Å². The molecule has 0 aromatic heterocycles. The second-order valence-electron chi connectivity index (χ2n) is 9.78. The summed E-state index contributed by atoms with van der Waals surface area (Å²) >= 11 is 0. The zero-order valence-corrected chi connectivity index (χ0v) is 24.1. The minimum atomic E-state index is -1.62. The summed E-state index contributed by atoms with van der Waals surface area (Å²) in [7, 11) is 1.13. The zero-order chi connectivity index (χ0) is 31.0. The molecular formula is C29H36O12. The summed E-state index contributed by atoms with van der Waals surface area (Å²) in [5.74, 6) is -6.80. The molecule has 1 heterocycles. The Bertz CT molecular complexity index is 1170. The SMILES string of the molecule is C=C1C(=O)O[C@@H]2[C@@H]1[C@H](OC(=O)/C(=C/C)COC(C)=O)[C@H](OC(=O)C(C)C)/C(C(=O)OC)=C/CCC(=C)[C@H]2OC(C)=O. The van der Waals surface area contributed by atoms with Crippen LogP contribution in [0.3, 0.4) is 0 Å². The van der Waals surface area contributed by atoms with Crippen LogP contribution in [0.4, 0.5) is 0 Å². The van der Waals surface area contributed by atoms with E-state index >= 15 is 0 Å². The first-order valence-corrected chi connectivity index (χ1v) is 13.0. The molecule has 12 nitrogen and oxygen atoms in total. The zero-order valence-electron chi connectivity index (χ0n) is 24.1. The van der Waals surface area contributed by atoms with Crippen LogP contribution in [0.15, 0.2) is 47.6 Å². The highest BCUT2D eigenvalue weighted by Crippen LogP contribution is 2.41. The van der Waals surface area contributed by atoms with Crippen molar-refractivity contribution in [1.29, 1.82) is 0 Å². The van der Waals surface area contributed by atoms with Crippen LogP contribution in [0, 0.1) is 11.8 Å². The molecule has 0 N–H and O–H groups in total. The highest BCUT2D eigenvalue weighted by Gasteiger charge is 2.55. The first-order valence-electron chi connectivity index (χ1n) is 13.0. The highest BCUT2D eigenvalue weighted by molar-refractivity contribution is 5.94. The lowest BCUT2D eigenvalue weighted by Crippen LogP contribution is -2.50. The number of carbonyl (C=O) groups is 6. The van der Waals surface area contributed by atoms with Crippen LogP contribution in [0.25, 0.3) is 0 Å². The van der Waals surface area contributed by atoms with E-state index in [0.717, 1.165) is 14.0 Å². The van der Waals surface area contributed by atoms with Crippen LogP contribution in [-0.4, -0.2) is 73.9 Å². The summed E-state index contributed by atoms with van der Waals surface area (Å²) < 4.78 is 32.6. The highest BCUT2D eigenvalue weighted by atomic mass is 16.6. The Morgan fingerprint density at radius 2 is 1.71 bits per heavy atom. The number of esters is 6. The predicted molar refractivity (Wildman–Crippen MR) is 142 cm³/mol. The second-order valence-corrected chi connectivity index (χ2v) is 9.78. The van der Waals surface area contributed by atoms with Gasteiger partial charge in [0.2, 0.25) is 0 Å². The number of hydrogen-bond acceptors (Lipinski definition) is 12. The van der Waals surface area contributed by atoms with Gasteiger partial charge in [0.15, 0.2) is 24.4 Å². The maximum Gasteiger partial charge on any atom is 0.337 e. The van der Waals surface area contributed by atoms with Crippen molar-refractivity contribution in [2.45, 2.75) is 71.9 Å². The molecule has 0 aromatic rings. The van der Waals surface area contributed by atoms with E-state index in [0.29, 0.717) is 5.57 Å². The van der Waals surface area contributed by atoms with Gasteiger partial charge in [-0.25, -0.2) is 14.4 Å². The van der Waals surface area contributed by atoms with Crippen LogP contribution in [-0.2, 0) is 57.2 Å². The van der Waals surface area contributed by atoms with Gasteiger partial charge in [-0.05, 0) is 25.3 Å². The fraction of sp³-hybridized carbons (Fsp3) is 0.517. The van der Waals surface area contributed by atoms with Gasteiger partial charge >= 0.3 is 35.8 Å². The van der Waals surface area contributed by atoms with Crippen molar-refractivity contribution in [2.24, 2.45) is 11.8 Å². The molecule has 5 atom stereocenters. The van der Waals surface area contributed by atoms with E-state index in [1.165, 1.54) is 26.0 Å². The molecule has 1 aliphatic heterocycles. The second kappa shape index (κ2) is 14.4. The van der Waals surface area contributed by atoms with E-state index < -0.39 is 78.7 Å². The molecule has 0 aromatic carbocycles. The monoisotopic (exact) mass is 576 g/mol. The van der Waals surface area contributed by atoms with Crippen molar-refractivity contribution in [1.82, 2.24) is 0 Å². The largest absolute Gasteiger partial charge is 0.466 e. The van der Waals surface area contributed by atoms with Crippen LogP contribution < -0.4 is 0 Å². The van der Waals surface area contributed by atoms with Crippen molar-refractivity contribution < 1.29 is 57.2 Å². The standard InChI is InChI=1S/C29H36O12/c1-9-19(13-37-17(6)30)28(34)41-25-21-16(5)27(33)40-24(21)22(38-18(7)31)15(4)11-10-12-20(29(35)36-8)23(25)39-26(32)14(2)3/h9,12,14,21-25H,4-5,10-11,13H2,1-3,6-8H3/b19-9+,20-12-/t21-,22-,23-,24-,25+/m1/s1. The molecule has 1 saturated heterocycles. The lowest BCUT2D eigenvalue weighted by Gasteiger charge is -2.37. The number of methoxy groups -OCH3 is 1. The van der Waals surface area contributed by atoms with Crippen LogP contribution in [0.5, 0.6) is 0 Å². The summed E-state index contributed by atoms with van der Waals surface area (Å²) in [6, 6.07) is 0. The van der Waals surface area contributed by atoms with E-state index in [-0.39, 0.29) is 29.6 Å². The predicted octanol–water partition coefficient (Wildman–Crippen LogP) is 2.45. The first kappa shape index (κ1) is 33.0. The molecule has 0 unspecified atom stereocenters. The Balaban J connectivity index is 2.81. The van der Waals surface area contributed by atoms with Crippen LogP contribution >= 0.6 is 0 Å². The van der Waals surface area contributed by atoms with Crippen molar-refractivity contribution >= 4 is 35.8 Å². The van der Waals surface area contributed by atoms with Crippen LogP contribution in [0.1, 0.15) is 47.5 Å². The molecule has 1 fully saturated rings. The molecule has 0 amide bonds. The third-order valence-electron chi connectivity index (χ3n) is 6.46. The minimum absolute atomic E-state index is 0.0804. The van der Waals surface area contributed by atoms with Gasteiger partial charge in [-0.3, -0.25) is 14.4 Å². The normalized spacial score (nSPS) is 26.1. The first-order chi connectivity index (χ1) is 19.2. The number of carbonyl (C=O) groups excluding carboxylic acids is 6. The van der Waals surface area contributed by atoms with Gasteiger partial charge in [-0.15, -0.1) is 0 Å². The van der Waals surface area contributed by atoms with E-state index in [2.05, 4.69) is 13.2 Å². The van der Waals surface area contributed by atoms with Gasteiger partial charge in [0.25, 0.3) is 0 Å². The van der Waals surface area contributed by atoms with Crippen molar-refractivity contribution in [3.05, 3.63) is 47.6 Å². The summed E-state index contributed by atoms with van der Waals surface area (Å²) in [6.07, 6.45) is -2.57. The Kier molecular flexibility index (Phi) is 11.6. The van der Waals surface area contributed by atoms with Gasteiger partial charge in [0.1, 0.15) is 6.61 Å². The molecule has 0 spiro atoms. The molecule has 0 saturated carbocycles. The van der Waals surface area contributed by atoms with Crippen molar-refractivity contribution in [3.63, 3.8) is 0 Å². The van der Waals surface area contributed by atoms with E-state index in [1.807, 2.05) is 0 Å². The van der Waals surface area contributed by atoms with Gasteiger partial charge in [-0.1, -0.05) is 39.2 Å². The molecule has 12 heteroatoms. The molecular weight excluding hydrogens is 540 g/mol. The topological polar surface area (TPSA) is 158 Å². The molecule has 2 aliphatic rings. The minimum Gasteiger partial charge on any atom is -0.466 e. The van der Waals surface area contributed by atoms with Crippen molar-refractivity contribution in [2.75, 3.05) is 13.7 Å². The lowest BCUT2D eigenvalue weighted by atomic mass is 9.80. The maximum atomic E-state index is 13.4. The summed E-state index contributed by atoms with van der Waals surface area (Å²) in [4.78, 5) is 75.6. The third-order valence-corrected chi connectivity index (χ3v) is 6.46. The number of ether oxygens (including phenoxy) is 6. The number of allylic oxidation sites excluding steroid dienone is 2. The Hall–Kier alpha value is -4.22. The molecule has 0 radical (unpaired) electrons. The van der Waals surface area contributed by atoms with Gasteiger partial charge in [-0.2, -0.15) is 0 Å². The number of fused-ring (bicyclic) bond motifs is 1. The average Bonchev–Trinajstić information content (AvgIpc) is 3.19. The summed E-state index contributed by atoms with van der Waals surface area (Å²) in [5.41, 5.74) is -0.0749. The average molecular weight is 577 g/mol. The van der Waals surface area contributed by atoms with Crippen LogP contribution in [0.2, 0.25) is 0 Å².